The van der Waals surface area contributed by atoms with Crippen LogP contribution >= 0.6 is 15.9 Å². The van der Waals surface area contributed by atoms with Crippen molar-refractivity contribution in [3.8, 4) is 17.5 Å². The summed E-state index contributed by atoms with van der Waals surface area (Å²) in [5.74, 6) is 0.787. The van der Waals surface area contributed by atoms with E-state index in [-0.39, 0.29) is 0 Å². The van der Waals surface area contributed by atoms with E-state index in [0.717, 1.165) is 11.4 Å². The van der Waals surface area contributed by atoms with Crippen LogP contribution in [0, 0.1) is 11.3 Å². The fraction of sp³-hybridized carbons (Fsp3) is 0.0909. The van der Waals surface area contributed by atoms with Gasteiger partial charge in [0.1, 0.15) is 11.8 Å². The molecule has 0 fully saturated rings. The molecule has 1 aromatic carbocycles. The van der Waals surface area contributed by atoms with Gasteiger partial charge in [-0.2, -0.15) is 10.4 Å². The Hall–Kier alpha value is -1.80. The average molecular weight is 278 g/mol. The lowest BCUT2D eigenvalue weighted by Crippen LogP contribution is -1.94. The van der Waals surface area contributed by atoms with Crippen molar-refractivity contribution in [2.24, 2.45) is 0 Å². The van der Waals surface area contributed by atoms with Crippen LogP contribution in [0.25, 0.3) is 5.69 Å². The number of benzene rings is 1. The summed E-state index contributed by atoms with van der Waals surface area (Å²) in [6.45, 7) is 0. The summed E-state index contributed by atoms with van der Waals surface area (Å²) in [7, 11) is 1.62. The van der Waals surface area contributed by atoms with E-state index in [9.17, 15) is 0 Å². The van der Waals surface area contributed by atoms with E-state index >= 15 is 0 Å². The van der Waals surface area contributed by atoms with Gasteiger partial charge in [0, 0.05) is 6.20 Å². The lowest BCUT2D eigenvalue weighted by molar-refractivity contribution is 0.414. The quantitative estimate of drug-likeness (QED) is 0.848. The number of aromatic nitrogens is 2. The molecule has 16 heavy (non-hydrogen) atoms. The molecule has 2 rings (SSSR count). The van der Waals surface area contributed by atoms with Crippen LogP contribution < -0.4 is 4.74 Å². The summed E-state index contributed by atoms with van der Waals surface area (Å²) >= 11 is 3.27. The Balaban J connectivity index is 2.39. The first-order chi connectivity index (χ1) is 7.74. The highest BCUT2D eigenvalue weighted by Gasteiger charge is 2.06. The third-order valence-electron chi connectivity index (χ3n) is 2.11. The van der Waals surface area contributed by atoms with E-state index in [1.54, 1.807) is 18.0 Å². The number of rotatable bonds is 2. The zero-order valence-electron chi connectivity index (χ0n) is 8.51. The van der Waals surface area contributed by atoms with Gasteiger partial charge < -0.3 is 4.74 Å². The van der Waals surface area contributed by atoms with E-state index in [1.807, 2.05) is 30.3 Å². The van der Waals surface area contributed by atoms with Crippen molar-refractivity contribution in [1.29, 1.82) is 5.26 Å². The predicted octanol–water partition coefficient (Wildman–Crippen LogP) is 2.52. The van der Waals surface area contributed by atoms with Crippen molar-refractivity contribution >= 4 is 15.9 Å². The number of nitriles is 1. The zero-order valence-corrected chi connectivity index (χ0v) is 10.1. The van der Waals surface area contributed by atoms with Gasteiger partial charge in [-0.15, -0.1) is 0 Å². The maximum atomic E-state index is 8.79. The molecule has 0 atom stereocenters. The van der Waals surface area contributed by atoms with Crippen LogP contribution in [0.1, 0.15) is 5.69 Å². The summed E-state index contributed by atoms with van der Waals surface area (Å²) in [4.78, 5) is 0. The number of halogens is 1. The first-order valence-electron chi connectivity index (χ1n) is 4.54. The maximum Gasteiger partial charge on any atom is 0.177 e. The fourth-order valence-corrected chi connectivity index (χ4v) is 1.66. The molecule has 4 nitrogen and oxygen atoms in total. The van der Waals surface area contributed by atoms with Crippen LogP contribution in [-0.4, -0.2) is 16.9 Å². The molecule has 0 bridgehead atoms. The molecule has 0 N–H and O–H groups in total. The van der Waals surface area contributed by atoms with Gasteiger partial charge >= 0.3 is 0 Å². The first-order valence-corrected chi connectivity index (χ1v) is 5.33. The second-order valence-electron chi connectivity index (χ2n) is 3.08. The Bertz CT molecular complexity index is 539. The zero-order chi connectivity index (χ0) is 11.5. The molecular formula is C11H8BrN3O. The molecule has 0 spiro atoms. The van der Waals surface area contributed by atoms with Crippen molar-refractivity contribution < 1.29 is 4.74 Å². The van der Waals surface area contributed by atoms with Crippen LogP contribution in [0.4, 0.5) is 0 Å². The number of ether oxygens (including phenoxy) is 1. The molecule has 0 radical (unpaired) electrons. The van der Waals surface area contributed by atoms with E-state index in [1.165, 1.54) is 0 Å². The molecule has 0 aliphatic carbocycles. The second-order valence-corrected chi connectivity index (χ2v) is 3.93. The third-order valence-corrected chi connectivity index (χ3v) is 2.69. The number of nitrogens with zero attached hydrogens (tertiary/aromatic N) is 3. The molecule has 0 aliphatic rings. The molecule has 0 amide bonds. The van der Waals surface area contributed by atoms with Crippen LogP contribution in [-0.2, 0) is 0 Å². The molecular weight excluding hydrogens is 270 g/mol. The lowest BCUT2D eigenvalue weighted by Gasteiger charge is -2.02. The number of hydrogen-bond donors (Lipinski definition) is 0. The Kier molecular flexibility index (Phi) is 2.93. The highest BCUT2D eigenvalue weighted by atomic mass is 79.9. The minimum Gasteiger partial charge on any atom is -0.497 e. The van der Waals surface area contributed by atoms with E-state index in [4.69, 9.17) is 10.00 Å². The highest BCUT2D eigenvalue weighted by Crippen LogP contribution is 2.19. The third kappa shape index (κ3) is 1.92. The lowest BCUT2D eigenvalue weighted by atomic mass is 10.3. The van der Waals surface area contributed by atoms with E-state index in [0.29, 0.717) is 10.2 Å². The smallest absolute Gasteiger partial charge is 0.177 e. The summed E-state index contributed by atoms with van der Waals surface area (Å²) in [5, 5.41) is 12.9. The van der Waals surface area contributed by atoms with E-state index in [2.05, 4.69) is 21.0 Å². The molecule has 80 valence electrons. The maximum absolute atomic E-state index is 8.79. The summed E-state index contributed by atoms with van der Waals surface area (Å²) in [5.41, 5.74) is 1.25. The Labute approximate surface area is 101 Å². The van der Waals surface area contributed by atoms with Crippen LogP contribution in [0.3, 0.4) is 0 Å². The minimum atomic E-state index is 0.371. The van der Waals surface area contributed by atoms with E-state index < -0.39 is 0 Å². The van der Waals surface area contributed by atoms with Gasteiger partial charge in [0.15, 0.2) is 5.69 Å². The van der Waals surface area contributed by atoms with Crippen molar-refractivity contribution in [2.45, 2.75) is 0 Å². The topological polar surface area (TPSA) is 50.8 Å². The molecule has 1 aromatic heterocycles. The first kappa shape index (κ1) is 10.7. The van der Waals surface area contributed by atoms with Gasteiger partial charge in [0.05, 0.1) is 17.3 Å². The predicted molar refractivity (Wildman–Crippen MR) is 62.5 cm³/mol. The fourth-order valence-electron chi connectivity index (χ4n) is 1.30. The summed E-state index contributed by atoms with van der Waals surface area (Å²) < 4.78 is 7.39. The van der Waals surface area contributed by atoms with Crippen molar-refractivity contribution in [3.63, 3.8) is 0 Å². The normalized spacial score (nSPS) is 9.81. The summed E-state index contributed by atoms with van der Waals surface area (Å²) in [6.07, 6.45) is 1.75. The SMILES string of the molecule is COc1ccc(-n2cc(Br)c(C#N)n2)cc1. The van der Waals surface area contributed by atoms with Crippen LogP contribution in [0.15, 0.2) is 34.9 Å². The number of hydrogen-bond acceptors (Lipinski definition) is 3. The molecule has 1 heterocycles. The Morgan fingerprint density at radius 1 is 1.38 bits per heavy atom. The van der Waals surface area contributed by atoms with Gasteiger partial charge in [0.2, 0.25) is 0 Å². The van der Waals surface area contributed by atoms with Gasteiger partial charge in [-0.3, -0.25) is 0 Å². The van der Waals surface area contributed by atoms with Crippen LogP contribution in [0.5, 0.6) is 5.75 Å². The Morgan fingerprint density at radius 2 is 2.06 bits per heavy atom. The molecule has 0 unspecified atom stereocenters. The van der Waals surface area contributed by atoms with Crippen LogP contribution in [0.2, 0.25) is 0 Å². The largest absolute Gasteiger partial charge is 0.497 e. The van der Waals surface area contributed by atoms with Crippen molar-refractivity contribution in [2.75, 3.05) is 7.11 Å². The second kappa shape index (κ2) is 4.37. The van der Waals surface area contributed by atoms with Gasteiger partial charge in [0.25, 0.3) is 0 Å². The average Bonchev–Trinajstić information content (AvgIpc) is 2.71. The minimum absolute atomic E-state index is 0.371. The molecule has 0 aliphatic heterocycles. The van der Waals surface area contributed by atoms with Gasteiger partial charge in [-0.05, 0) is 40.2 Å². The van der Waals surface area contributed by atoms with Crippen molar-refractivity contribution in [1.82, 2.24) is 9.78 Å². The van der Waals surface area contributed by atoms with Crippen molar-refractivity contribution in [3.05, 3.63) is 40.6 Å². The highest BCUT2D eigenvalue weighted by molar-refractivity contribution is 9.10. The monoisotopic (exact) mass is 277 g/mol. The number of methoxy groups -OCH3 is 1. The molecule has 0 saturated heterocycles. The molecule has 2 aromatic rings. The van der Waals surface area contributed by atoms with Gasteiger partial charge in [-0.1, -0.05) is 0 Å². The Morgan fingerprint density at radius 3 is 2.56 bits per heavy atom. The summed E-state index contributed by atoms with van der Waals surface area (Å²) in [6, 6.07) is 9.44. The molecule has 0 saturated carbocycles. The molecule has 5 heteroatoms. The van der Waals surface area contributed by atoms with Gasteiger partial charge in [-0.25, -0.2) is 4.68 Å². The standard InChI is InChI=1S/C11H8BrN3O/c1-16-9-4-2-8(3-5-9)15-7-10(12)11(6-13)14-15/h2-5,7H,1H3.